The van der Waals surface area contributed by atoms with Crippen molar-refractivity contribution in [2.24, 2.45) is 0 Å². The van der Waals surface area contributed by atoms with Gasteiger partial charge in [-0.2, -0.15) is 0 Å². The summed E-state index contributed by atoms with van der Waals surface area (Å²) < 4.78 is 26.1. The van der Waals surface area contributed by atoms with Crippen molar-refractivity contribution in [1.29, 1.82) is 0 Å². The van der Waals surface area contributed by atoms with E-state index in [9.17, 15) is 4.79 Å². The SMILES string of the molecule is COc1cc(C=Cc2cc3c(cc2OC)OCO3)oc(=O)c1. The van der Waals surface area contributed by atoms with Gasteiger partial charge in [0.05, 0.1) is 20.3 Å². The number of rotatable bonds is 4. The molecule has 1 aliphatic heterocycles. The monoisotopic (exact) mass is 302 g/mol. The lowest BCUT2D eigenvalue weighted by Crippen LogP contribution is -1.98. The fourth-order valence-corrected chi connectivity index (χ4v) is 2.09. The molecule has 0 saturated carbocycles. The van der Waals surface area contributed by atoms with Gasteiger partial charge in [-0.25, -0.2) is 4.79 Å². The maximum absolute atomic E-state index is 11.4. The van der Waals surface area contributed by atoms with Crippen LogP contribution in [0.25, 0.3) is 12.2 Å². The zero-order valence-electron chi connectivity index (χ0n) is 12.1. The third-order valence-electron chi connectivity index (χ3n) is 3.15. The predicted molar refractivity (Wildman–Crippen MR) is 79.6 cm³/mol. The van der Waals surface area contributed by atoms with Crippen LogP contribution in [0.15, 0.2) is 33.5 Å². The van der Waals surface area contributed by atoms with E-state index in [4.69, 9.17) is 23.4 Å². The molecule has 22 heavy (non-hydrogen) atoms. The van der Waals surface area contributed by atoms with Crippen molar-refractivity contribution >= 4 is 12.2 Å². The number of hydrogen-bond donors (Lipinski definition) is 0. The van der Waals surface area contributed by atoms with Crippen molar-refractivity contribution in [3.8, 4) is 23.0 Å². The van der Waals surface area contributed by atoms with Crippen LogP contribution in [0.2, 0.25) is 0 Å². The Kier molecular flexibility index (Phi) is 3.74. The molecule has 3 rings (SSSR count). The first-order valence-electron chi connectivity index (χ1n) is 6.54. The van der Waals surface area contributed by atoms with Crippen molar-refractivity contribution in [2.75, 3.05) is 21.0 Å². The summed E-state index contributed by atoms with van der Waals surface area (Å²) in [5, 5.41) is 0. The molecule has 6 heteroatoms. The van der Waals surface area contributed by atoms with Crippen LogP contribution < -0.4 is 24.6 Å². The van der Waals surface area contributed by atoms with E-state index in [0.29, 0.717) is 28.8 Å². The normalized spacial score (nSPS) is 12.6. The highest BCUT2D eigenvalue weighted by Crippen LogP contribution is 2.38. The van der Waals surface area contributed by atoms with Gasteiger partial charge in [0, 0.05) is 17.7 Å². The minimum Gasteiger partial charge on any atom is -0.496 e. The lowest BCUT2D eigenvalue weighted by Gasteiger charge is -2.06. The lowest BCUT2D eigenvalue weighted by atomic mass is 10.1. The Morgan fingerprint density at radius 3 is 2.50 bits per heavy atom. The van der Waals surface area contributed by atoms with Crippen molar-refractivity contribution in [1.82, 2.24) is 0 Å². The van der Waals surface area contributed by atoms with Gasteiger partial charge in [0.25, 0.3) is 0 Å². The summed E-state index contributed by atoms with van der Waals surface area (Å²) in [5.41, 5.74) is 0.300. The predicted octanol–water partition coefficient (Wildman–Crippen LogP) is 2.56. The first-order valence-corrected chi connectivity index (χ1v) is 6.54. The minimum atomic E-state index is -0.475. The molecule has 114 valence electrons. The molecule has 0 spiro atoms. The average molecular weight is 302 g/mol. The van der Waals surface area contributed by atoms with Crippen LogP contribution in [0.5, 0.6) is 23.0 Å². The topological polar surface area (TPSA) is 67.1 Å². The largest absolute Gasteiger partial charge is 0.496 e. The first-order chi connectivity index (χ1) is 10.7. The summed E-state index contributed by atoms with van der Waals surface area (Å²) in [5.74, 6) is 2.73. The molecule has 1 aromatic heterocycles. The molecule has 0 unspecified atom stereocenters. The standard InChI is InChI=1S/C16H14O6/c1-18-12-6-11(22-16(17)7-12)4-3-10-5-14-15(21-9-20-14)8-13(10)19-2/h3-8H,9H2,1-2H3. The molecule has 0 aliphatic carbocycles. The number of methoxy groups -OCH3 is 2. The van der Waals surface area contributed by atoms with E-state index in [1.54, 1.807) is 37.5 Å². The Morgan fingerprint density at radius 1 is 1.00 bits per heavy atom. The van der Waals surface area contributed by atoms with E-state index in [-0.39, 0.29) is 6.79 Å². The summed E-state index contributed by atoms with van der Waals surface area (Å²) in [6, 6.07) is 6.45. The lowest BCUT2D eigenvalue weighted by molar-refractivity contribution is 0.174. The molecule has 0 fully saturated rings. The summed E-state index contributed by atoms with van der Waals surface area (Å²) in [4.78, 5) is 11.4. The van der Waals surface area contributed by atoms with Crippen LogP contribution >= 0.6 is 0 Å². The minimum absolute atomic E-state index is 0.191. The Balaban J connectivity index is 1.95. The number of hydrogen-bond acceptors (Lipinski definition) is 6. The molecule has 6 nitrogen and oxygen atoms in total. The highest BCUT2D eigenvalue weighted by molar-refractivity contribution is 5.73. The van der Waals surface area contributed by atoms with Crippen molar-refractivity contribution in [3.63, 3.8) is 0 Å². The number of ether oxygens (including phenoxy) is 4. The molecule has 0 radical (unpaired) electrons. The van der Waals surface area contributed by atoms with E-state index in [1.807, 2.05) is 0 Å². The Bertz CT molecular complexity index is 775. The summed E-state index contributed by atoms with van der Waals surface area (Å²) in [7, 11) is 3.06. The van der Waals surface area contributed by atoms with Gasteiger partial charge in [-0.15, -0.1) is 0 Å². The van der Waals surface area contributed by atoms with Crippen LogP contribution in [0.4, 0.5) is 0 Å². The molecule has 1 aromatic carbocycles. The van der Waals surface area contributed by atoms with Crippen LogP contribution in [0.1, 0.15) is 11.3 Å². The van der Waals surface area contributed by atoms with Gasteiger partial charge in [0.15, 0.2) is 11.5 Å². The molecule has 0 bridgehead atoms. The summed E-state index contributed by atoms with van der Waals surface area (Å²) in [6.07, 6.45) is 3.42. The Morgan fingerprint density at radius 2 is 1.77 bits per heavy atom. The van der Waals surface area contributed by atoms with Gasteiger partial charge in [-0.3, -0.25) is 0 Å². The number of benzene rings is 1. The second-order valence-electron chi connectivity index (χ2n) is 4.50. The average Bonchev–Trinajstić information content (AvgIpc) is 2.98. The Hall–Kier alpha value is -2.89. The quantitative estimate of drug-likeness (QED) is 0.864. The second-order valence-corrected chi connectivity index (χ2v) is 4.50. The second kappa shape index (κ2) is 5.85. The molecule has 0 N–H and O–H groups in total. The molecular weight excluding hydrogens is 288 g/mol. The molecule has 2 aromatic rings. The van der Waals surface area contributed by atoms with Crippen molar-refractivity contribution in [3.05, 3.63) is 46.0 Å². The fourth-order valence-electron chi connectivity index (χ4n) is 2.09. The van der Waals surface area contributed by atoms with E-state index in [2.05, 4.69) is 0 Å². The van der Waals surface area contributed by atoms with Crippen LogP contribution in [-0.4, -0.2) is 21.0 Å². The maximum Gasteiger partial charge on any atom is 0.339 e. The van der Waals surface area contributed by atoms with Gasteiger partial charge in [0.1, 0.15) is 17.3 Å². The van der Waals surface area contributed by atoms with Crippen molar-refractivity contribution < 1.29 is 23.4 Å². The zero-order valence-corrected chi connectivity index (χ0v) is 12.1. The highest BCUT2D eigenvalue weighted by atomic mass is 16.7. The zero-order chi connectivity index (χ0) is 15.5. The van der Waals surface area contributed by atoms with Crippen molar-refractivity contribution in [2.45, 2.75) is 0 Å². The van der Waals surface area contributed by atoms with Crippen LogP contribution in [0, 0.1) is 0 Å². The molecular formula is C16H14O6. The van der Waals surface area contributed by atoms with Gasteiger partial charge in [-0.1, -0.05) is 0 Å². The molecule has 0 amide bonds. The third-order valence-corrected chi connectivity index (χ3v) is 3.15. The van der Waals surface area contributed by atoms with Crippen LogP contribution in [0.3, 0.4) is 0 Å². The highest BCUT2D eigenvalue weighted by Gasteiger charge is 2.16. The number of fused-ring (bicyclic) bond motifs is 1. The Labute approximate surface area is 126 Å². The van der Waals surface area contributed by atoms with Crippen LogP contribution in [-0.2, 0) is 0 Å². The van der Waals surface area contributed by atoms with Gasteiger partial charge >= 0.3 is 5.63 Å². The van der Waals surface area contributed by atoms with E-state index in [1.165, 1.54) is 13.2 Å². The van der Waals surface area contributed by atoms with E-state index < -0.39 is 5.63 Å². The van der Waals surface area contributed by atoms with E-state index >= 15 is 0 Å². The van der Waals surface area contributed by atoms with Gasteiger partial charge in [-0.05, 0) is 18.2 Å². The van der Waals surface area contributed by atoms with Gasteiger partial charge < -0.3 is 23.4 Å². The summed E-state index contributed by atoms with van der Waals surface area (Å²) >= 11 is 0. The smallest absolute Gasteiger partial charge is 0.339 e. The molecule has 0 atom stereocenters. The molecule has 0 saturated heterocycles. The fraction of sp³-hybridized carbons (Fsp3) is 0.188. The van der Waals surface area contributed by atoms with Gasteiger partial charge in [0.2, 0.25) is 6.79 Å². The maximum atomic E-state index is 11.4. The van der Waals surface area contributed by atoms with E-state index in [0.717, 1.165) is 5.56 Å². The molecule has 1 aliphatic rings. The first kappa shape index (κ1) is 14.1. The summed E-state index contributed by atoms with van der Waals surface area (Å²) in [6.45, 7) is 0.191. The molecule has 2 heterocycles. The third kappa shape index (κ3) is 2.76.